The summed E-state index contributed by atoms with van der Waals surface area (Å²) < 4.78 is 6.39. The van der Waals surface area contributed by atoms with Crippen molar-refractivity contribution in [3.63, 3.8) is 0 Å². The summed E-state index contributed by atoms with van der Waals surface area (Å²) in [7, 11) is 0. The van der Waals surface area contributed by atoms with Crippen LogP contribution in [0.25, 0.3) is 111 Å². The van der Waals surface area contributed by atoms with Gasteiger partial charge in [-0.2, -0.15) is 0 Å². The minimum atomic E-state index is 0.594. The van der Waals surface area contributed by atoms with E-state index in [9.17, 15) is 0 Å². The summed E-state index contributed by atoms with van der Waals surface area (Å²) in [5.41, 5.74) is 12.2. The Kier molecular flexibility index (Phi) is 7.74. The maximum absolute atomic E-state index is 6.39. The molecule has 0 spiro atoms. The smallest absolute Gasteiger partial charge is 0.227 e. The third kappa shape index (κ3) is 5.90. The van der Waals surface area contributed by atoms with Gasteiger partial charge in [0.2, 0.25) is 5.89 Å². The molecule has 0 aliphatic heterocycles. The van der Waals surface area contributed by atoms with E-state index in [1.165, 1.54) is 10.8 Å². The van der Waals surface area contributed by atoms with E-state index in [-0.39, 0.29) is 0 Å². The molecule has 8 aromatic carbocycles. The first-order valence-corrected chi connectivity index (χ1v) is 19.0. The van der Waals surface area contributed by atoms with Gasteiger partial charge >= 0.3 is 0 Å². The molecule has 266 valence electrons. The van der Waals surface area contributed by atoms with Crippen LogP contribution in [0.4, 0.5) is 0 Å². The summed E-state index contributed by atoms with van der Waals surface area (Å²) in [5, 5.41) is 5.47. The van der Waals surface area contributed by atoms with Gasteiger partial charge in [0.25, 0.3) is 0 Å². The second-order valence-corrected chi connectivity index (χ2v) is 14.2. The lowest BCUT2D eigenvalue weighted by Gasteiger charge is -2.13. The Morgan fingerprint density at radius 1 is 0.351 bits per heavy atom. The highest BCUT2D eigenvalue weighted by Gasteiger charge is 2.19. The molecule has 0 amide bonds. The highest BCUT2D eigenvalue weighted by Crippen LogP contribution is 2.40. The maximum atomic E-state index is 6.39. The Morgan fingerprint density at radius 3 is 1.65 bits per heavy atom. The molecule has 0 aliphatic carbocycles. The van der Waals surface area contributed by atoms with Crippen LogP contribution in [-0.2, 0) is 0 Å². The number of benzene rings is 8. The predicted molar refractivity (Wildman–Crippen MR) is 233 cm³/mol. The van der Waals surface area contributed by atoms with Crippen LogP contribution in [0.1, 0.15) is 0 Å². The molecule has 0 saturated heterocycles. The van der Waals surface area contributed by atoms with E-state index < -0.39 is 0 Å². The maximum Gasteiger partial charge on any atom is 0.227 e. The Bertz CT molecular complexity index is 3210. The summed E-state index contributed by atoms with van der Waals surface area (Å²) in [4.78, 5) is 20.6. The molecule has 3 aromatic heterocycles. The molecule has 0 radical (unpaired) electrons. The minimum absolute atomic E-state index is 0.594. The van der Waals surface area contributed by atoms with Crippen molar-refractivity contribution in [2.75, 3.05) is 0 Å². The average molecular weight is 729 g/mol. The molecule has 11 aromatic rings. The van der Waals surface area contributed by atoms with Gasteiger partial charge in [-0.05, 0) is 64.4 Å². The van der Waals surface area contributed by atoms with Crippen molar-refractivity contribution in [2.45, 2.75) is 0 Å². The number of fused-ring (bicyclic) bond motifs is 6. The molecule has 0 fully saturated rings. The van der Waals surface area contributed by atoms with Crippen LogP contribution in [0.2, 0.25) is 0 Å². The minimum Gasteiger partial charge on any atom is -0.436 e. The van der Waals surface area contributed by atoms with E-state index in [1.54, 1.807) is 0 Å². The number of oxazole rings is 1. The molecular formula is C52H32N4O. The third-order valence-electron chi connectivity index (χ3n) is 10.7. The molecular weight excluding hydrogens is 697 g/mol. The molecule has 0 aliphatic rings. The van der Waals surface area contributed by atoms with Gasteiger partial charge in [-0.25, -0.2) is 19.9 Å². The summed E-state index contributed by atoms with van der Waals surface area (Å²) in [5.74, 6) is 1.28. The largest absolute Gasteiger partial charge is 0.436 e. The van der Waals surface area contributed by atoms with Crippen LogP contribution in [0.15, 0.2) is 199 Å². The number of nitrogens with zero attached hydrogens (tertiary/aromatic N) is 4. The van der Waals surface area contributed by atoms with E-state index in [1.807, 2.05) is 84.9 Å². The first-order chi connectivity index (χ1) is 28.2. The summed E-state index contributed by atoms with van der Waals surface area (Å²) in [6.07, 6.45) is 0. The fourth-order valence-corrected chi connectivity index (χ4v) is 7.82. The van der Waals surface area contributed by atoms with E-state index in [0.717, 1.165) is 88.8 Å². The van der Waals surface area contributed by atoms with Crippen molar-refractivity contribution in [1.29, 1.82) is 0 Å². The zero-order chi connectivity index (χ0) is 37.7. The zero-order valence-electron chi connectivity index (χ0n) is 30.7. The standard InChI is InChI=1S/C52H32N4O/c1-4-13-34(14-5-1)44-32-45(55-51(54-44)37-15-6-2-7-16-37)35-21-23-36(24-22-35)49-43-28-29-47-50(56-52(57-47)38-17-8-3-9-18-38)48(43)42-27-26-41(31-46(42)53-49)40-25-20-33-12-10-11-19-39(33)30-40/h1-32H. The van der Waals surface area contributed by atoms with E-state index in [2.05, 4.69) is 109 Å². The summed E-state index contributed by atoms with van der Waals surface area (Å²) in [6.45, 7) is 0. The van der Waals surface area contributed by atoms with Crippen molar-refractivity contribution >= 4 is 43.5 Å². The molecule has 0 N–H and O–H groups in total. The topological polar surface area (TPSA) is 64.7 Å². The number of hydrogen-bond donors (Lipinski definition) is 0. The van der Waals surface area contributed by atoms with Gasteiger partial charge in [-0.1, -0.05) is 152 Å². The van der Waals surface area contributed by atoms with E-state index >= 15 is 0 Å². The number of pyridine rings is 1. The molecule has 5 nitrogen and oxygen atoms in total. The lowest BCUT2D eigenvalue weighted by atomic mass is 9.95. The third-order valence-corrected chi connectivity index (χ3v) is 10.7. The summed E-state index contributed by atoms with van der Waals surface area (Å²) in [6, 6.07) is 66.9. The van der Waals surface area contributed by atoms with Gasteiger partial charge in [0.15, 0.2) is 11.4 Å². The van der Waals surface area contributed by atoms with Crippen LogP contribution in [0.3, 0.4) is 0 Å². The van der Waals surface area contributed by atoms with Gasteiger partial charge in [0, 0.05) is 44.0 Å². The SMILES string of the molecule is c1ccc(-c2cc(-c3ccc(-c4nc5cc(-c6ccc7ccccc7c6)ccc5c5c4ccc4oc(-c6ccccc6)nc45)cc3)nc(-c3ccccc3)n2)cc1. The van der Waals surface area contributed by atoms with E-state index in [0.29, 0.717) is 11.7 Å². The average Bonchev–Trinajstić information content (AvgIpc) is 3.74. The lowest BCUT2D eigenvalue weighted by Crippen LogP contribution is -1.96. The van der Waals surface area contributed by atoms with Crippen LogP contribution >= 0.6 is 0 Å². The normalized spacial score (nSPS) is 11.5. The number of hydrogen-bond acceptors (Lipinski definition) is 5. The van der Waals surface area contributed by atoms with Crippen molar-refractivity contribution in [1.82, 2.24) is 19.9 Å². The van der Waals surface area contributed by atoms with Gasteiger partial charge in [0.1, 0.15) is 5.52 Å². The molecule has 57 heavy (non-hydrogen) atoms. The highest BCUT2D eigenvalue weighted by atomic mass is 16.3. The van der Waals surface area contributed by atoms with Gasteiger partial charge in [-0.15, -0.1) is 0 Å². The van der Waals surface area contributed by atoms with E-state index in [4.69, 9.17) is 24.4 Å². The van der Waals surface area contributed by atoms with Crippen molar-refractivity contribution in [3.8, 4) is 67.7 Å². The highest BCUT2D eigenvalue weighted by molar-refractivity contribution is 6.21. The van der Waals surface area contributed by atoms with Crippen molar-refractivity contribution < 1.29 is 4.42 Å². The first kappa shape index (κ1) is 32.7. The predicted octanol–water partition coefficient (Wildman–Crippen LogP) is 13.5. The van der Waals surface area contributed by atoms with Gasteiger partial charge < -0.3 is 4.42 Å². The molecule has 0 bridgehead atoms. The second kappa shape index (κ2) is 13.5. The Morgan fingerprint density at radius 2 is 0.912 bits per heavy atom. The Hall–Kier alpha value is -7.76. The van der Waals surface area contributed by atoms with Crippen molar-refractivity contribution in [3.05, 3.63) is 194 Å². The molecule has 0 unspecified atom stereocenters. The van der Waals surface area contributed by atoms with Gasteiger partial charge in [0.05, 0.1) is 22.6 Å². The lowest BCUT2D eigenvalue weighted by molar-refractivity contribution is 0.620. The number of aromatic nitrogens is 4. The fourth-order valence-electron chi connectivity index (χ4n) is 7.82. The molecule has 11 rings (SSSR count). The molecule has 5 heteroatoms. The van der Waals surface area contributed by atoms with Crippen LogP contribution < -0.4 is 0 Å². The Labute approximate surface area is 328 Å². The quantitative estimate of drug-likeness (QED) is 0.160. The zero-order valence-corrected chi connectivity index (χ0v) is 30.7. The number of rotatable bonds is 6. The monoisotopic (exact) mass is 728 g/mol. The van der Waals surface area contributed by atoms with Crippen LogP contribution in [0, 0.1) is 0 Å². The van der Waals surface area contributed by atoms with Crippen LogP contribution in [-0.4, -0.2) is 19.9 Å². The second-order valence-electron chi connectivity index (χ2n) is 14.2. The fraction of sp³-hybridized carbons (Fsp3) is 0. The van der Waals surface area contributed by atoms with Crippen molar-refractivity contribution in [2.24, 2.45) is 0 Å². The summed E-state index contributed by atoms with van der Waals surface area (Å²) >= 11 is 0. The molecule has 3 heterocycles. The van der Waals surface area contributed by atoms with Crippen LogP contribution in [0.5, 0.6) is 0 Å². The Balaban J connectivity index is 1.08. The molecule has 0 saturated carbocycles. The molecule has 0 atom stereocenters. The first-order valence-electron chi connectivity index (χ1n) is 19.0. The van der Waals surface area contributed by atoms with Gasteiger partial charge in [-0.3, -0.25) is 0 Å².